The summed E-state index contributed by atoms with van der Waals surface area (Å²) in [6, 6.07) is 4.95. The molecule has 2 rings (SSSR count). The monoisotopic (exact) mass is 300 g/mol. The second kappa shape index (κ2) is 5.90. The zero-order valence-electron chi connectivity index (χ0n) is 9.85. The summed E-state index contributed by atoms with van der Waals surface area (Å²) in [7, 11) is 0. The van der Waals surface area contributed by atoms with Crippen LogP contribution >= 0.6 is 23.2 Å². The Bertz CT molecular complexity index is 574. The molecule has 0 saturated heterocycles. The summed E-state index contributed by atoms with van der Waals surface area (Å²) in [5.41, 5.74) is 0. The summed E-state index contributed by atoms with van der Waals surface area (Å²) in [4.78, 5) is 15.6. The van der Waals surface area contributed by atoms with Crippen molar-refractivity contribution in [3.05, 3.63) is 34.6 Å². The van der Waals surface area contributed by atoms with Crippen LogP contribution in [-0.4, -0.2) is 27.2 Å². The van der Waals surface area contributed by atoms with E-state index >= 15 is 0 Å². The lowest BCUT2D eigenvalue weighted by molar-refractivity contribution is -0.122. The molecule has 0 aliphatic heterocycles. The average molecular weight is 301 g/mol. The molecule has 0 radical (unpaired) electrons. The van der Waals surface area contributed by atoms with Gasteiger partial charge in [-0.3, -0.25) is 10.1 Å². The molecular weight excluding hydrogens is 291 g/mol. The van der Waals surface area contributed by atoms with E-state index in [1.54, 1.807) is 25.1 Å². The van der Waals surface area contributed by atoms with Gasteiger partial charge in [0, 0.05) is 0 Å². The van der Waals surface area contributed by atoms with Crippen LogP contribution in [0.5, 0.6) is 5.75 Å². The van der Waals surface area contributed by atoms with Crippen LogP contribution in [0, 0.1) is 0 Å². The van der Waals surface area contributed by atoms with Crippen molar-refractivity contribution in [1.29, 1.82) is 0 Å². The lowest BCUT2D eigenvalue weighted by atomic mass is 10.3. The molecule has 0 unspecified atom stereocenters. The van der Waals surface area contributed by atoms with Crippen molar-refractivity contribution in [3.8, 4) is 5.75 Å². The Balaban J connectivity index is 2.02. The lowest BCUT2D eigenvalue weighted by Crippen LogP contribution is -2.30. The minimum absolute atomic E-state index is 0.248. The molecule has 1 atom stereocenters. The van der Waals surface area contributed by atoms with E-state index in [9.17, 15) is 4.79 Å². The second-order valence-corrected chi connectivity index (χ2v) is 4.42. The summed E-state index contributed by atoms with van der Waals surface area (Å²) < 4.78 is 5.45. The molecule has 0 spiro atoms. The molecule has 1 heterocycles. The minimum Gasteiger partial charge on any atom is -0.479 e. The van der Waals surface area contributed by atoms with E-state index < -0.39 is 6.10 Å². The maximum absolute atomic E-state index is 11.8. The first-order chi connectivity index (χ1) is 9.08. The Morgan fingerprint density at radius 2 is 2.26 bits per heavy atom. The van der Waals surface area contributed by atoms with Crippen LogP contribution in [0.15, 0.2) is 24.5 Å². The SMILES string of the molecule is C[C@@H](Oc1cccc(Cl)c1Cl)C(=O)Nc1ncn[nH]1. The number of carbonyl (C=O) groups is 1. The van der Waals surface area contributed by atoms with Gasteiger partial charge in [-0.1, -0.05) is 29.3 Å². The van der Waals surface area contributed by atoms with E-state index in [1.807, 2.05) is 0 Å². The van der Waals surface area contributed by atoms with Crippen molar-refractivity contribution in [3.63, 3.8) is 0 Å². The van der Waals surface area contributed by atoms with E-state index in [2.05, 4.69) is 20.5 Å². The third-order valence-corrected chi connectivity index (χ3v) is 3.05. The number of amides is 1. The van der Waals surface area contributed by atoms with Crippen LogP contribution in [0.1, 0.15) is 6.92 Å². The lowest BCUT2D eigenvalue weighted by Gasteiger charge is -2.15. The van der Waals surface area contributed by atoms with Crippen molar-refractivity contribution >= 4 is 35.1 Å². The zero-order chi connectivity index (χ0) is 13.8. The number of hydrogen-bond acceptors (Lipinski definition) is 4. The number of carbonyl (C=O) groups excluding carboxylic acids is 1. The number of benzene rings is 1. The smallest absolute Gasteiger partial charge is 0.267 e. The second-order valence-electron chi connectivity index (χ2n) is 3.64. The van der Waals surface area contributed by atoms with Gasteiger partial charge in [0.25, 0.3) is 5.91 Å². The maximum Gasteiger partial charge on any atom is 0.267 e. The van der Waals surface area contributed by atoms with Gasteiger partial charge in [-0.2, -0.15) is 10.1 Å². The molecule has 1 amide bonds. The first-order valence-corrected chi connectivity index (χ1v) is 6.10. The van der Waals surface area contributed by atoms with E-state index in [0.717, 1.165) is 0 Å². The van der Waals surface area contributed by atoms with Crippen LogP contribution in [0.25, 0.3) is 0 Å². The third kappa shape index (κ3) is 3.36. The highest BCUT2D eigenvalue weighted by atomic mass is 35.5. The number of halogens is 2. The molecule has 0 fully saturated rings. The Morgan fingerprint density at radius 3 is 2.95 bits per heavy atom. The van der Waals surface area contributed by atoms with E-state index in [4.69, 9.17) is 27.9 Å². The average Bonchev–Trinajstić information content (AvgIpc) is 2.87. The maximum atomic E-state index is 11.8. The molecule has 100 valence electrons. The fourth-order valence-electron chi connectivity index (χ4n) is 1.30. The summed E-state index contributed by atoms with van der Waals surface area (Å²) in [6.07, 6.45) is 0.524. The number of aromatic nitrogens is 3. The van der Waals surface area contributed by atoms with Gasteiger partial charge < -0.3 is 4.74 Å². The summed E-state index contributed by atoms with van der Waals surface area (Å²) in [5.74, 6) is 0.208. The molecule has 1 aromatic carbocycles. The Labute approximate surface area is 119 Å². The number of rotatable bonds is 4. The van der Waals surface area contributed by atoms with Gasteiger partial charge in [0.2, 0.25) is 5.95 Å². The third-order valence-electron chi connectivity index (χ3n) is 2.25. The number of anilines is 1. The molecule has 0 saturated carbocycles. The molecule has 6 nitrogen and oxygen atoms in total. The molecule has 1 aromatic heterocycles. The first-order valence-electron chi connectivity index (χ1n) is 5.35. The highest BCUT2D eigenvalue weighted by molar-refractivity contribution is 6.42. The number of hydrogen-bond donors (Lipinski definition) is 2. The van der Waals surface area contributed by atoms with Gasteiger partial charge in [0.15, 0.2) is 6.10 Å². The van der Waals surface area contributed by atoms with Gasteiger partial charge in [0.1, 0.15) is 17.1 Å². The number of ether oxygens (including phenoxy) is 1. The fraction of sp³-hybridized carbons (Fsp3) is 0.182. The molecular formula is C11H10Cl2N4O2. The van der Waals surface area contributed by atoms with Crippen LogP contribution in [0.3, 0.4) is 0 Å². The van der Waals surface area contributed by atoms with Crippen LogP contribution in [0.4, 0.5) is 5.95 Å². The molecule has 0 aliphatic rings. The quantitative estimate of drug-likeness (QED) is 0.909. The Morgan fingerprint density at radius 1 is 1.47 bits per heavy atom. The Kier molecular flexibility index (Phi) is 4.24. The van der Waals surface area contributed by atoms with Crippen molar-refractivity contribution in [1.82, 2.24) is 15.2 Å². The van der Waals surface area contributed by atoms with E-state index in [0.29, 0.717) is 10.8 Å². The van der Waals surface area contributed by atoms with Crippen molar-refractivity contribution in [2.75, 3.05) is 5.32 Å². The van der Waals surface area contributed by atoms with Crippen LogP contribution in [-0.2, 0) is 4.79 Å². The van der Waals surface area contributed by atoms with E-state index in [1.165, 1.54) is 6.33 Å². The first kappa shape index (κ1) is 13.6. The fourth-order valence-corrected chi connectivity index (χ4v) is 1.64. The zero-order valence-corrected chi connectivity index (χ0v) is 11.4. The number of nitrogens with one attached hydrogen (secondary N) is 2. The van der Waals surface area contributed by atoms with E-state index in [-0.39, 0.29) is 16.9 Å². The molecule has 2 N–H and O–H groups in total. The highest BCUT2D eigenvalue weighted by Crippen LogP contribution is 2.32. The van der Waals surface area contributed by atoms with Gasteiger partial charge in [-0.05, 0) is 19.1 Å². The van der Waals surface area contributed by atoms with Crippen molar-refractivity contribution in [2.24, 2.45) is 0 Å². The van der Waals surface area contributed by atoms with Crippen molar-refractivity contribution in [2.45, 2.75) is 13.0 Å². The molecule has 2 aromatic rings. The minimum atomic E-state index is -0.763. The van der Waals surface area contributed by atoms with Crippen LogP contribution < -0.4 is 10.1 Å². The summed E-state index contributed by atoms with van der Waals surface area (Å²) in [5, 5.41) is 9.26. The number of nitrogens with zero attached hydrogens (tertiary/aromatic N) is 2. The predicted octanol–water partition coefficient (Wildman–Crippen LogP) is 2.52. The van der Waals surface area contributed by atoms with Gasteiger partial charge >= 0.3 is 0 Å². The van der Waals surface area contributed by atoms with Gasteiger partial charge in [-0.15, -0.1) is 0 Å². The van der Waals surface area contributed by atoms with Crippen molar-refractivity contribution < 1.29 is 9.53 Å². The standard InChI is InChI=1S/C11H10Cl2N4O2/c1-6(10(18)16-11-14-5-15-17-11)19-8-4-2-3-7(12)9(8)13/h2-6H,1H3,(H2,14,15,16,17,18)/t6-/m1/s1. The molecule has 0 aliphatic carbocycles. The largest absolute Gasteiger partial charge is 0.479 e. The normalized spacial score (nSPS) is 11.9. The number of aromatic amines is 1. The van der Waals surface area contributed by atoms with Gasteiger partial charge in [0.05, 0.1) is 5.02 Å². The Hall–Kier alpha value is -1.79. The van der Waals surface area contributed by atoms with Crippen LogP contribution in [0.2, 0.25) is 10.0 Å². The molecule has 8 heteroatoms. The number of H-pyrrole nitrogens is 1. The van der Waals surface area contributed by atoms with Gasteiger partial charge in [-0.25, -0.2) is 5.10 Å². The summed E-state index contributed by atoms with van der Waals surface area (Å²) >= 11 is 11.8. The molecule has 19 heavy (non-hydrogen) atoms. The predicted molar refractivity (Wildman–Crippen MR) is 71.6 cm³/mol. The summed E-state index contributed by atoms with van der Waals surface area (Å²) in [6.45, 7) is 1.59. The highest BCUT2D eigenvalue weighted by Gasteiger charge is 2.17. The topological polar surface area (TPSA) is 79.9 Å². The molecule has 0 bridgehead atoms.